The number of carboxylic acid groups (broad SMARTS) is 1. The molecule has 5 rings (SSSR count). The fraction of sp³-hybridized carbons (Fsp3) is 0.308. The van der Waals surface area contributed by atoms with Crippen molar-refractivity contribution in [1.82, 2.24) is 24.8 Å². The number of halogens is 1. The van der Waals surface area contributed by atoms with Gasteiger partial charge in [-0.2, -0.15) is 0 Å². The van der Waals surface area contributed by atoms with Crippen molar-refractivity contribution in [3.05, 3.63) is 83.0 Å². The Labute approximate surface area is 224 Å². The van der Waals surface area contributed by atoms with Crippen LogP contribution in [-0.4, -0.2) is 81.1 Å². The highest BCUT2D eigenvalue weighted by molar-refractivity contribution is 6.30. The Morgan fingerprint density at radius 2 is 1.71 bits per heavy atom. The summed E-state index contributed by atoms with van der Waals surface area (Å²) < 4.78 is 5.68. The summed E-state index contributed by atoms with van der Waals surface area (Å²) in [6.07, 6.45) is 2.78. The van der Waals surface area contributed by atoms with Gasteiger partial charge in [0, 0.05) is 44.8 Å². The van der Waals surface area contributed by atoms with E-state index in [-0.39, 0.29) is 5.69 Å². The van der Waals surface area contributed by atoms with Crippen LogP contribution in [0.4, 0.5) is 10.6 Å². The van der Waals surface area contributed by atoms with Crippen molar-refractivity contribution in [3.8, 4) is 0 Å². The van der Waals surface area contributed by atoms with Gasteiger partial charge in [0.2, 0.25) is 6.23 Å². The Morgan fingerprint density at radius 3 is 2.34 bits per heavy atom. The number of pyridine rings is 1. The number of aromatic nitrogens is 3. The molecule has 11 nitrogen and oxygen atoms in total. The van der Waals surface area contributed by atoms with Crippen molar-refractivity contribution in [2.24, 2.45) is 0 Å². The molecular formula is C26H27ClN6O5. The molecule has 3 aromatic rings. The van der Waals surface area contributed by atoms with Crippen molar-refractivity contribution in [3.63, 3.8) is 0 Å². The van der Waals surface area contributed by atoms with Gasteiger partial charge in [-0.15, -0.1) is 0 Å². The number of amides is 2. The average Bonchev–Trinajstić information content (AvgIpc) is 3.21. The number of aliphatic carboxylic acids is 1. The predicted octanol–water partition coefficient (Wildman–Crippen LogP) is 3.44. The van der Waals surface area contributed by atoms with E-state index in [1.165, 1.54) is 23.5 Å². The molecule has 2 atom stereocenters. The number of anilines is 1. The van der Waals surface area contributed by atoms with Crippen LogP contribution in [0.15, 0.2) is 61.1 Å². The van der Waals surface area contributed by atoms with Gasteiger partial charge in [-0.1, -0.05) is 41.9 Å². The minimum Gasteiger partial charge on any atom is -0.481 e. The molecule has 2 aromatic heterocycles. The van der Waals surface area contributed by atoms with E-state index in [2.05, 4.69) is 19.9 Å². The first-order chi connectivity index (χ1) is 18.3. The summed E-state index contributed by atoms with van der Waals surface area (Å²) >= 11 is 5.89. The topological polar surface area (TPSA) is 129 Å². The van der Waals surface area contributed by atoms with Crippen LogP contribution in [0.2, 0.25) is 5.02 Å². The van der Waals surface area contributed by atoms with E-state index < -0.39 is 30.1 Å². The van der Waals surface area contributed by atoms with E-state index >= 15 is 0 Å². The zero-order chi connectivity index (χ0) is 27.2. The molecule has 0 saturated carbocycles. The van der Waals surface area contributed by atoms with Gasteiger partial charge in [-0.05, 0) is 31.7 Å². The molecule has 38 heavy (non-hydrogen) atoms. The maximum atomic E-state index is 12.8. The first-order valence-corrected chi connectivity index (χ1v) is 12.3. The lowest BCUT2D eigenvalue weighted by Gasteiger charge is -2.33. The molecule has 12 heteroatoms. The van der Waals surface area contributed by atoms with Crippen molar-refractivity contribution in [2.75, 3.05) is 38.1 Å². The van der Waals surface area contributed by atoms with Crippen molar-refractivity contribution in [2.45, 2.75) is 19.1 Å². The number of carbonyl (C=O) groups is 3. The second-order valence-electron chi connectivity index (χ2n) is 8.80. The number of nitrogens with zero attached hydrogens (tertiary/aromatic N) is 6. The Morgan fingerprint density at radius 1 is 1.03 bits per heavy atom. The number of piperazine rings is 1. The van der Waals surface area contributed by atoms with Crippen molar-refractivity contribution < 1.29 is 24.2 Å². The lowest BCUT2D eigenvalue weighted by molar-refractivity contribution is -0.138. The number of benzene rings is 1. The van der Waals surface area contributed by atoms with Gasteiger partial charge in [-0.3, -0.25) is 14.6 Å². The predicted molar refractivity (Wildman–Crippen MR) is 139 cm³/mol. The van der Waals surface area contributed by atoms with E-state index in [0.29, 0.717) is 29.6 Å². The van der Waals surface area contributed by atoms with Crippen LogP contribution in [0, 0.1) is 0 Å². The average molecular weight is 539 g/mol. The van der Waals surface area contributed by atoms with E-state index in [9.17, 15) is 14.4 Å². The van der Waals surface area contributed by atoms with E-state index in [0.717, 1.165) is 18.7 Å². The summed E-state index contributed by atoms with van der Waals surface area (Å²) in [5, 5.41) is 9.07. The van der Waals surface area contributed by atoms with Crippen LogP contribution in [-0.2, 0) is 9.53 Å². The molecule has 0 bridgehead atoms. The third kappa shape index (κ3) is 6.06. The fourth-order valence-electron chi connectivity index (χ4n) is 3.92. The van der Waals surface area contributed by atoms with E-state index in [1.807, 2.05) is 37.4 Å². The van der Waals surface area contributed by atoms with Crippen molar-refractivity contribution in [1.29, 1.82) is 0 Å². The SMILES string of the molecule is CC(C(=O)O)c1ccccc1.CN1CCN(C(=O)OC2c3nccnc3C(=O)N2c2ccc(Cl)cn2)CC1. The number of likely N-dealkylation sites (N-methyl/N-ethyl adjacent to an activating group) is 1. The van der Waals surface area contributed by atoms with Gasteiger partial charge in [0.05, 0.1) is 10.9 Å². The normalized spacial score (nSPS) is 17.8. The standard InChI is InChI=1S/C17H17ClN6O3.C9H10O2/c1-22-6-8-23(9-7-22)17(26)27-16-14-13(19-4-5-20-14)15(25)24(16)12-3-2-11(18)10-21-12;1-7(9(10)11)8-5-3-2-4-6-8/h2-5,10,16H,6-9H2,1H3;2-7H,1H3,(H,10,11). The van der Waals surface area contributed by atoms with Gasteiger partial charge in [0.1, 0.15) is 11.5 Å². The van der Waals surface area contributed by atoms with Crippen LogP contribution in [0.5, 0.6) is 0 Å². The lowest BCUT2D eigenvalue weighted by Crippen LogP contribution is -2.48. The molecule has 1 fully saturated rings. The lowest BCUT2D eigenvalue weighted by atomic mass is 10.0. The van der Waals surface area contributed by atoms with Gasteiger partial charge in [0.15, 0.2) is 5.69 Å². The number of hydrogen-bond acceptors (Lipinski definition) is 8. The summed E-state index contributed by atoms with van der Waals surface area (Å²) in [6.45, 7) is 4.32. The molecule has 0 aliphatic carbocycles. The second-order valence-corrected chi connectivity index (χ2v) is 9.23. The molecule has 2 aliphatic rings. The molecule has 0 radical (unpaired) electrons. The largest absolute Gasteiger partial charge is 0.481 e. The molecule has 2 amide bonds. The Bertz CT molecular complexity index is 1280. The molecule has 2 unspecified atom stereocenters. The summed E-state index contributed by atoms with van der Waals surface area (Å²) in [4.78, 5) is 53.5. The van der Waals surface area contributed by atoms with Crippen LogP contribution < -0.4 is 4.90 Å². The highest BCUT2D eigenvalue weighted by Gasteiger charge is 2.44. The monoisotopic (exact) mass is 538 g/mol. The number of ether oxygens (including phenoxy) is 1. The third-order valence-electron chi connectivity index (χ3n) is 6.22. The van der Waals surface area contributed by atoms with Gasteiger partial charge in [-0.25, -0.2) is 19.7 Å². The summed E-state index contributed by atoms with van der Waals surface area (Å²) in [5.74, 6) is -1.31. The second kappa shape index (κ2) is 12.0. The highest BCUT2D eigenvalue weighted by Crippen LogP contribution is 2.35. The zero-order valence-electron chi connectivity index (χ0n) is 20.9. The number of hydrogen-bond donors (Lipinski definition) is 1. The van der Waals surface area contributed by atoms with E-state index in [4.69, 9.17) is 21.4 Å². The Kier molecular flexibility index (Phi) is 8.49. The first kappa shape index (κ1) is 27.0. The molecule has 4 heterocycles. The third-order valence-corrected chi connectivity index (χ3v) is 6.44. The first-order valence-electron chi connectivity index (χ1n) is 11.9. The molecule has 198 valence electrons. The summed E-state index contributed by atoms with van der Waals surface area (Å²) in [7, 11) is 2.00. The zero-order valence-corrected chi connectivity index (χ0v) is 21.7. The van der Waals surface area contributed by atoms with Crippen LogP contribution in [0.25, 0.3) is 0 Å². The minimum absolute atomic E-state index is 0.144. The van der Waals surface area contributed by atoms with Crippen molar-refractivity contribution >= 4 is 35.4 Å². The smallest absolute Gasteiger partial charge is 0.412 e. The molecule has 1 saturated heterocycles. The highest BCUT2D eigenvalue weighted by atomic mass is 35.5. The Hall–Kier alpha value is -4.09. The number of carbonyl (C=O) groups excluding carboxylic acids is 2. The minimum atomic E-state index is -1.03. The molecule has 2 aliphatic heterocycles. The molecule has 1 aromatic carbocycles. The number of fused-ring (bicyclic) bond motifs is 1. The fourth-order valence-corrected chi connectivity index (χ4v) is 4.04. The number of carboxylic acids is 1. The summed E-state index contributed by atoms with van der Waals surface area (Å²) in [5.41, 5.74) is 1.28. The van der Waals surface area contributed by atoms with E-state index in [1.54, 1.807) is 24.0 Å². The van der Waals surface area contributed by atoms with Gasteiger partial charge >= 0.3 is 12.1 Å². The number of rotatable bonds is 4. The Balaban J connectivity index is 0.000000257. The quantitative estimate of drug-likeness (QED) is 0.531. The van der Waals surface area contributed by atoms with Crippen LogP contribution in [0.1, 0.15) is 40.8 Å². The molecule has 1 N–H and O–H groups in total. The molecule has 0 spiro atoms. The maximum absolute atomic E-state index is 12.8. The van der Waals surface area contributed by atoms with Crippen LogP contribution >= 0.6 is 11.6 Å². The molecular weight excluding hydrogens is 512 g/mol. The van der Waals surface area contributed by atoms with Gasteiger partial charge < -0.3 is 19.6 Å². The van der Waals surface area contributed by atoms with Gasteiger partial charge in [0.25, 0.3) is 5.91 Å². The summed E-state index contributed by atoms with van der Waals surface area (Å²) in [6, 6.07) is 12.4. The maximum Gasteiger partial charge on any atom is 0.412 e. The van der Waals surface area contributed by atoms with Crippen LogP contribution in [0.3, 0.4) is 0 Å².